The van der Waals surface area contributed by atoms with E-state index in [-0.39, 0.29) is 5.91 Å². The average molecular weight is 233 g/mol. The number of ether oxygens (including phenoxy) is 1. The van der Waals surface area contributed by atoms with Crippen molar-refractivity contribution in [1.29, 1.82) is 0 Å². The van der Waals surface area contributed by atoms with Crippen molar-refractivity contribution in [2.45, 2.75) is 26.9 Å². The number of rotatable bonds is 5. The lowest BCUT2D eigenvalue weighted by molar-refractivity contribution is -0.127. The normalized spacial score (nSPS) is 11.7. The number of aryl methyl sites for hydroxylation is 2. The standard InChI is InChI=1S/C14H19NO2/c1-5-8-15-14(16)12(4)17-13-9-10(2)6-7-11(13)3/h5-7,9,12H,1,8H2,2-4H3,(H,15,16). The number of carbonyl (C=O) groups is 1. The zero-order valence-corrected chi connectivity index (χ0v) is 10.6. The highest BCUT2D eigenvalue weighted by Gasteiger charge is 2.14. The van der Waals surface area contributed by atoms with Crippen LogP contribution in [0.25, 0.3) is 0 Å². The SMILES string of the molecule is C=CCNC(=O)C(C)Oc1cc(C)ccc1C. The van der Waals surface area contributed by atoms with Crippen LogP contribution in [0.2, 0.25) is 0 Å². The molecule has 1 unspecified atom stereocenters. The first-order valence-electron chi connectivity index (χ1n) is 5.67. The number of benzene rings is 1. The Labute approximate surface area is 102 Å². The number of nitrogens with one attached hydrogen (secondary N) is 1. The number of hydrogen-bond acceptors (Lipinski definition) is 2. The molecule has 0 aliphatic rings. The van der Waals surface area contributed by atoms with E-state index in [1.54, 1.807) is 13.0 Å². The summed E-state index contributed by atoms with van der Waals surface area (Å²) in [6, 6.07) is 5.94. The summed E-state index contributed by atoms with van der Waals surface area (Å²) in [6.07, 6.45) is 1.14. The maximum Gasteiger partial charge on any atom is 0.261 e. The molecule has 17 heavy (non-hydrogen) atoms. The van der Waals surface area contributed by atoms with Crippen LogP contribution >= 0.6 is 0 Å². The van der Waals surface area contributed by atoms with Gasteiger partial charge in [-0.25, -0.2) is 0 Å². The molecule has 1 amide bonds. The van der Waals surface area contributed by atoms with Gasteiger partial charge in [-0.05, 0) is 38.0 Å². The van der Waals surface area contributed by atoms with Crippen LogP contribution in [-0.2, 0) is 4.79 Å². The molecule has 3 heteroatoms. The molecule has 92 valence electrons. The van der Waals surface area contributed by atoms with Crippen LogP contribution in [0.3, 0.4) is 0 Å². The molecular formula is C14H19NO2. The smallest absolute Gasteiger partial charge is 0.261 e. The lowest BCUT2D eigenvalue weighted by Gasteiger charge is -2.16. The number of hydrogen-bond donors (Lipinski definition) is 1. The minimum absolute atomic E-state index is 0.134. The monoisotopic (exact) mass is 233 g/mol. The minimum atomic E-state index is -0.504. The molecule has 0 aliphatic carbocycles. The van der Waals surface area contributed by atoms with Crippen LogP contribution in [-0.4, -0.2) is 18.6 Å². The van der Waals surface area contributed by atoms with Crippen molar-refractivity contribution in [3.05, 3.63) is 42.0 Å². The summed E-state index contributed by atoms with van der Waals surface area (Å²) < 4.78 is 5.64. The third kappa shape index (κ3) is 3.94. The van der Waals surface area contributed by atoms with E-state index in [2.05, 4.69) is 11.9 Å². The maximum absolute atomic E-state index is 11.6. The molecule has 1 N–H and O–H groups in total. The van der Waals surface area contributed by atoms with Gasteiger partial charge in [0, 0.05) is 6.54 Å². The van der Waals surface area contributed by atoms with Gasteiger partial charge in [-0.2, -0.15) is 0 Å². The van der Waals surface area contributed by atoms with Gasteiger partial charge < -0.3 is 10.1 Å². The molecule has 3 nitrogen and oxygen atoms in total. The summed E-state index contributed by atoms with van der Waals surface area (Å²) >= 11 is 0. The molecule has 1 rings (SSSR count). The first-order chi connectivity index (χ1) is 8.04. The summed E-state index contributed by atoms with van der Waals surface area (Å²) in [5.74, 6) is 0.622. The third-order valence-corrected chi connectivity index (χ3v) is 2.44. The van der Waals surface area contributed by atoms with E-state index in [9.17, 15) is 4.79 Å². The molecule has 0 bridgehead atoms. The van der Waals surface area contributed by atoms with Gasteiger partial charge in [0.2, 0.25) is 0 Å². The van der Waals surface area contributed by atoms with Crippen molar-refractivity contribution in [1.82, 2.24) is 5.32 Å². The third-order valence-electron chi connectivity index (χ3n) is 2.44. The van der Waals surface area contributed by atoms with Crippen molar-refractivity contribution >= 4 is 5.91 Å². The van der Waals surface area contributed by atoms with Gasteiger partial charge in [-0.1, -0.05) is 18.2 Å². The second kappa shape index (κ2) is 6.09. The molecule has 0 spiro atoms. The van der Waals surface area contributed by atoms with Crippen molar-refractivity contribution in [3.8, 4) is 5.75 Å². The highest BCUT2D eigenvalue weighted by molar-refractivity contribution is 5.80. The lowest BCUT2D eigenvalue weighted by Crippen LogP contribution is -2.36. The highest BCUT2D eigenvalue weighted by Crippen LogP contribution is 2.20. The van der Waals surface area contributed by atoms with Crippen LogP contribution in [0, 0.1) is 13.8 Å². The quantitative estimate of drug-likeness (QED) is 0.793. The van der Waals surface area contributed by atoms with E-state index in [1.807, 2.05) is 32.0 Å². The van der Waals surface area contributed by atoms with E-state index in [1.165, 1.54) is 0 Å². The predicted molar refractivity (Wildman–Crippen MR) is 69.2 cm³/mol. The fourth-order valence-electron chi connectivity index (χ4n) is 1.39. The largest absolute Gasteiger partial charge is 0.481 e. The number of carbonyl (C=O) groups excluding carboxylic acids is 1. The molecule has 1 atom stereocenters. The summed E-state index contributed by atoms with van der Waals surface area (Å²) in [5, 5.41) is 2.70. The Morgan fingerprint density at radius 3 is 2.88 bits per heavy atom. The van der Waals surface area contributed by atoms with Gasteiger partial charge >= 0.3 is 0 Å². The fraction of sp³-hybridized carbons (Fsp3) is 0.357. The Morgan fingerprint density at radius 1 is 1.53 bits per heavy atom. The highest BCUT2D eigenvalue weighted by atomic mass is 16.5. The summed E-state index contributed by atoms with van der Waals surface area (Å²) in [7, 11) is 0. The van der Waals surface area contributed by atoms with Gasteiger partial charge in [-0.3, -0.25) is 4.79 Å². The molecule has 0 aliphatic heterocycles. The Bertz CT molecular complexity index is 413. The van der Waals surface area contributed by atoms with Crippen molar-refractivity contribution in [2.75, 3.05) is 6.54 Å². The molecular weight excluding hydrogens is 214 g/mol. The molecule has 0 aromatic heterocycles. The van der Waals surface area contributed by atoms with E-state index >= 15 is 0 Å². The Morgan fingerprint density at radius 2 is 2.24 bits per heavy atom. The fourth-order valence-corrected chi connectivity index (χ4v) is 1.39. The summed E-state index contributed by atoms with van der Waals surface area (Å²) in [5.41, 5.74) is 2.14. The first-order valence-corrected chi connectivity index (χ1v) is 5.67. The van der Waals surface area contributed by atoms with Gasteiger partial charge in [-0.15, -0.1) is 6.58 Å². The van der Waals surface area contributed by atoms with Gasteiger partial charge in [0.1, 0.15) is 5.75 Å². The minimum Gasteiger partial charge on any atom is -0.481 e. The molecule has 0 saturated heterocycles. The van der Waals surface area contributed by atoms with Crippen LogP contribution in [0.5, 0.6) is 5.75 Å². The Kier molecular flexibility index (Phi) is 4.76. The number of amides is 1. The predicted octanol–water partition coefficient (Wildman–Crippen LogP) is 2.37. The van der Waals surface area contributed by atoms with E-state index < -0.39 is 6.10 Å². The van der Waals surface area contributed by atoms with Gasteiger partial charge in [0.05, 0.1) is 0 Å². The van der Waals surface area contributed by atoms with Crippen LogP contribution < -0.4 is 10.1 Å². The Balaban J connectivity index is 2.66. The second-order valence-electron chi connectivity index (χ2n) is 4.06. The maximum atomic E-state index is 11.6. The molecule has 0 saturated carbocycles. The zero-order chi connectivity index (χ0) is 12.8. The second-order valence-corrected chi connectivity index (χ2v) is 4.06. The van der Waals surface area contributed by atoms with Crippen LogP contribution in [0.1, 0.15) is 18.1 Å². The van der Waals surface area contributed by atoms with Crippen molar-refractivity contribution < 1.29 is 9.53 Å². The van der Waals surface area contributed by atoms with Gasteiger partial charge in [0.25, 0.3) is 5.91 Å². The topological polar surface area (TPSA) is 38.3 Å². The molecule has 1 aromatic rings. The van der Waals surface area contributed by atoms with Gasteiger partial charge in [0.15, 0.2) is 6.10 Å². The van der Waals surface area contributed by atoms with E-state index in [0.29, 0.717) is 6.54 Å². The van der Waals surface area contributed by atoms with E-state index in [0.717, 1.165) is 16.9 Å². The summed E-state index contributed by atoms with van der Waals surface area (Å²) in [4.78, 5) is 11.6. The van der Waals surface area contributed by atoms with Crippen LogP contribution in [0.15, 0.2) is 30.9 Å². The zero-order valence-electron chi connectivity index (χ0n) is 10.6. The molecule has 0 heterocycles. The average Bonchev–Trinajstić information content (AvgIpc) is 2.30. The molecule has 1 aromatic carbocycles. The first kappa shape index (κ1) is 13.3. The Hall–Kier alpha value is -1.77. The van der Waals surface area contributed by atoms with E-state index in [4.69, 9.17) is 4.74 Å². The lowest BCUT2D eigenvalue weighted by atomic mass is 10.1. The molecule has 0 fully saturated rings. The summed E-state index contributed by atoms with van der Waals surface area (Å²) in [6.45, 7) is 9.70. The van der Waals surface area contributed by atoms with Crippen molar-refractivity contribution in [3.63, 3.8) is 0 Å². The van der Waals surface area contributed by atoms with Crippen molar-refractivity contribution in [2.24, 2.45) is 0 Å². The molecule has 0 radical (unpaired) electrons. The van der Waals surface area contributed by atoms with Crippen LogP contribution in [0.4, 0.5) is 0 Å².